The first-order chi connectivity index (χ1) is 18.1. The maximum Gasteiger partial charge on any atom is 0.123 e. The SMILES string of the molecule is N#CC1(c2ccccc2)CCN(CCC(c2ccc(F)cc2)(c2ccc(F)cc2)c2cccnc2)CC1. The summed E-state index contributed by atoms with van der Waals surface area (Å²) in [6.45, 7) is 2.37. The van der Waals surface area contributed by atoms with Crippen LogP contribution in [0.5, 0.6) is 0 Å². The van der Waals surface area contributed by atoms with Crippen molar-refractivity contribution in [2.45, 2.75) is 30.1 Å². The lowest BCUT2D eigenvalue weighted by Gasteiger charge is -2.41. The average Bonchev–Trinajstić information content (AvgIpc) is 2.96. The first kappa shape index (κ1) is 24.8. The van der Waals surface area contributed by atoms with E-state index in [0.29, 0.717) is 6.42 Å². The third-order valence-corrected chi connectivity index (χ3v) is 7.88. The van der Waals surface area contributed by atoms with E-state index in [1.165, 1.54) is 24.3 Å². The van der Waals surface area contributed by atoms with Gasteiger partial charge in [-0.2, -0.15) is 5.26 Å². The second-order valence-corrected chi connectivity index (χ2v) is 9.81. The van der Waals surface area contributed by atoms with Crippen molar-refractivity contribution in [3.8, 4) is 6.07 Å². The average molecular weight is 494 g/mol. The Kier molecular flexibility index (Phi) is 7.12. The van der Waals surface area contributed by atoms with Gasteiger partial charge < -0.3 is 4.90 Å². The molecule has 0 N–H and O–H groups in total. The maximum absolute atomic E-state index is 14.0. The van der Waals surface area contributed by atoms with Gasteiger partial charge >= 0.3 is 0 Å². The van der Waals surface area contributed by atoms with E-state index in [-0.39, 0.29) is 11.6 Å². The highest BCUT2D eigenvalue weighted by Gasteiger charge is 2.40. The number of hydrogen-bond donors (Lipinski definition) is 0. The summed E-state index contributed by atoms with van der Waals surface area (Å²) < 4.78 is 27.9. The van der Waals surface area contributed by atoms with Crippen LogP contribution >= 0.6 is 0 Å². The van der Waals surface area contributed by atoms with Crippen LogP contribution in [0.3, 0.4) is 0 Å². The molecule has 186 valence electrons. The van der Waals surface area contributed by atoms with E-state index in [2.05, 4.69) is 28.1 Å². The Morgan fingerprint density at radius 1 is 0.784 bits per heavy atom. The van der Waals surface area contributed by atoms with Crippen LogP contribution in [0, 0.1) is 23.0 Å². The van der Waals surface area contributed by atoms with Gasteiger partial charge in [-0.3, -0.25) is 4.98 Å². The number of benzene rings is 3. The van der Waals surface area contributed by atoms with Crippen molar-refractivity contribution in [3.05, 3.63) is 137 Å². The van der Waals surface area contributed by atoms with Crippen LogP contribution < -0.4 is 0 Å². The summed E-state index contributed by atoms with van der Waals surface area (Å²) in [5.74, 6) is -0.597. The summed E-state index contributed by atoms with van der Waals surface area (Å²) in [4.78, 5) is 6.80. The number of aromatic nitrogens is 1. The van der Waals surface area contributed by atoms with Crippen molar-refractivity contribution in [3.63, 3.8) is 0 Å². The minimum absolute atomic E-state index is 0.298. The molecule has 0 unspecified atom stereocenters. The van der Waals surface area contributed by atoms with E-state index >= 15 is 0 Å². The van der Waals surface area contributed by atoms with Gasteiger partial charge in [-0.25, -0.2) is 8.78 Å². The Bertz CT molecular complexity index is 1290. The molecule has 1 aliphatic heterocycles. The van der Waals surface area contributed by atoms with Gasteiger partial charge in [0.2, 0.25) is 0 Å². The molecular weight excluding hydrogens is 464 g/mol. The first-order valence-corrected chi connectivity index (χ1v) is 12.7. The van der Waals surface area contributed by atoms with Gasteiger partial charge in [0.15, 0.2) is 0 Å². The molecule has 0 radical (unpaired) electrons. The van der Waals surface area contributed by atoms with Crippen LogP contribution in [0.1, 0.15) is 41.5 Å². The maximum atomic E-state index is 14.0. The number of pyridine rings is 1. The Labute approximate surface area is 217 Å². The molecule has 2 heterocycles. The number of hydrogen-bond acceptors (Lipinski definition) is 3. The van der Waals surface area contributed by atoms with Gasteiger partial charge in [-0.1, -0.05) is 60.7 Å². The Balaban J connectivity index is 1.47. The fourth-order valence-electron chi connectivity index (χ4n) is 5.72. The number of piperidine rings is 1. The Hall–Kier alpha value is -3.88. The Morgan fingerprint density at radius 3 is 1.89 bits per heavy atom. The zero-order valence-corrected chi connectivity index (χ0v) is 20.7. The second kappa shape index (κ2) is 10.6. The largest absolute Gasteiger partial charge is 0.303 e. The lowest BCUT2D eigenvalue weighted by molar-refractivity contribution is 0.177. The minimum atomic E-state index is -0.640. The standard InChI is InChI=1S/C32H29F2N3/c33-29-12-8-26(9-13-29)32(28-7-4-19-36-23-28,27-10-14-30(34)15-11-27)18-22-37-20-16-31(24-35,17-21-37)25-5-2-1-3-6-25/h1-15,19,23H,16-18,20-22H2. The van der Waals surface area contributed by atoms with E-state index in [0.717, 1.165) is 54.7 Å². The molecule has 4 aromatic rings. The molecule has 3 aromatic carbocycles. The molecule has 1 aromatic heterocycles. The summed E-state index contributed by atoms with van der Waals surface area (Å²) in [6, 6.07) is 29.8. The highest BCUT2D eigenvalue weighted by molar-refractivity contribution is 5.50. The van der Waals surface area contributed by atoms with Crippen LogP contribution in [-0.2, 0) is 10.8 Å². The molecular formula is C32H29F2N3. The van der Waals surface area contributed by atoms with E-state index < -0.39 is 10.8 Å². The minimum Gasteiger partial charge on any atom is -0.303 e. The van der Waals surface area contributed by atoms with Crippen molar-refractivity contribution in [1.82, 2.24) is 9.88 Å². The van der Waals surface area contributed by atoms with Gasteiger partial charge in [0.05, 0.1) is 11.5 Å². The van der Waals surface area contributed by atoms with Crippen molar-refractivity contribution in [2.75, 3.05) is 19.6 Å². The molecule has 5 rings (SSSR count). The van der Waals surface area contributed by atoms with Crippen LogP contribution in [-0.4, -0.2) is 29.5 Å². The van der Waals surface area contributed by atoms with Gasteiger partial charge in [0.25, 0.3) is 0 Å². The van der Waals surface area contributed by atoms with Gasteiger partial charge in [0, 0.05) is 17.8 Å². The zero-order chi connectivity index (χ0) is 25.7. The number of nitriles is 1. The van der Waals surface area contributed by atoms with Gasteiger partial charge in [-0.15, -0.1) is 0 Å². The topological polar surface area (TPSA) is 39.9 Å². The van der Waals surface area contributed by atoms with Crippen LogP contribution in [0.4, 0.5) is 8.78 Å². The van der Waals surface area contributed by atoms with Crippen LogP contribution in [0.25, 0.3) is 0 Å². The molecule has 0 bridgehead atoms. The normalized spacial score (nSPS) is 15.7. The molecule has 0 atom stereocenters. The third-order valence-electron chi connectivity index (χ3n) is 7.88. The molecule has 0 saturated carbocycles. The van der Waals surface area contributed by atoms with E-state index in [1.807, 2.05) is 60.8 Å². The molecule has 37 heavy (non-hydrogen) atoms. The molecule has 3 nitrogen and oxygen atoms in total. The molecule has 0 spiro atoms. The van der Waals surface area contributed by atoms with Crippen molar-refractivity contribution in [1.29, 1.82) is 5.26 Å². The predicted octanol–water partition coefficient (Wildman–Crippen LogP) is 6.64. The quantitative estimate of drug-likeness (QED) is 0.290. The summed E-state index contributed by atoms with van der Waals surface area (Å²) >= 11 is 0. The van der Waals surface area contributed by atoms with Crippen LogP contribution in [0.15, 0.2) is 103 Å². The first-order valence-electron chi connectivity index (χ1n) is 12.7. The highest BCUT2D eigenvalue weighted by atomic mass is 19.1. The van der Waals surface area contributed by atoms with Gasteiger partial charge in [0.1, 0.15) is 11.6 Å². The lowest BCUT2D eigenvalue weighted by atomic mass is 9.67. The predicted molar refractivity (Wildman–Crippen MR) is 141 cm³/mol. The van der Waals surface area contributed by atoms with E-state index in [1.54, 1.807) is 6.20 Å². The monoisotopic (exact) mass is 493 g/mol. The van der Waals surface area contributed by atoms with Gasteiger partial charge in [-0.05, 0) is 91.5 Å². The smallest absolute Gasteiger partial charge is 0.123 e. The van der Waals surface area contributed by atoms with Crippen LogP contribution in [0.2, 0.25) is 0 Å². The summed E-state index contributed by atoms with van der Waals surface area (Å²) in [7, 11) is 0. The molecule has 5 heteroatoms. The summed E-state index contributed by atoms with van der Waals surface area (Å²) in [5, 5.41) is 10.1. The fraction of sp³-hybridized carbons (Fsp3) is 0.250. The van der Waals surface area contributed by atoms with E-state index in [4.69, 9.17) is 0 Å². The zero-order valence-electron chi connectivity index (χ0n) is 20.7. The molecule has 1 aliphatic rings. The number of likely N-dealkylation sites (tertiary alicyclic amines) is 1. The molecule has 0 amide bonds. The number of rotatable bonds is 7. The van der Waals surface area contributed by atoms with Crippen molar-refractivity contribution in [2.24, 2.45) is 0 Å². The van der Waals surface area contributed by atoms with Crippen molar-refractivity contribution < 1.29 is 8.78 Å². The third kappa shape index (κ3) is 4.90. The van der Waals surface area contributed by atoms with Crippen molar-refractivity contribution >= 4 is 0 Å². The second-order valence-electron chi connectivity index (χ2n) is 9.81. The molecule has 1 saturated heterocycles. The van der Waals surface area contributed by atoms with E-state index in [9.17, 15) is 14.0 Å². The number of halogens is 2. The molecule has 0 aliphatic carbocycles. The summed E-state index contributed by atoms with van der Waals surface area (Å²) in [6.07, 6.45) is 5.81. The lowest BCUT2D eigenvalue weighted by Crippen LogP contribution is -2.44. The number of nitrogens with zero attached hydrogens (tertiary/aromatic N) is 3. The fourth-order valence-corrected chi connectivity index (χ4v) is 5.72. The Morgan fingerprint density at radius 2 is 1.38 bits per heavy atom. The summed E-state index contributed by atoms with van der Waals surface area (Å²) in [5.41, 5.74) is 2.81. The molecule has 1 fully saturated rings. The highest BCUT2D eigenvalue weighted by Crippen LogP contribution is 2.43.